The number of Topliss-reactive ketones (excluding diaryl/α,β-unsaturated/α-hetero) is 1. The third kappa shape index (κ3) is 2.15. The number of aliphatic hydroxyl groups is 3. The van der Waals surface area contributed by atoms with E-state index in [2.05, 4.69) is 0 Å². The second kappa shape index (κ2) is 4.99. The lowest BCUT2D eigenvalue weighted by Crippen LogP contribution is -2.47. The number of aliphatic hydroxyl groups excluding tert-OH is 2. The average molecular weight is 278 g/mol. The van der Waals surface area contributed by atoms with Crippen molar-refractivity contribution >= 4 is 5.78 Å². The Morgan fingerprint density at radius 2 is 1.80 bits per heavy atom. The Kier molecular flexibility index (Phi) is 3.52. The van der Waals surface area contributed by atoms with Gasteiger partial charge in [0.2, 0.25) is 5.79 Å². The monoisotopic (exact) mass is 278 g/mol. The van der Waals surface area contributed by atoms with Gasteiger partial charge in [-0.1, -0.05) is 6.08 Å². The summed E-state index contributed by atoms with van der Waals surface area (Å²) >= 11 is 0. The van der Waals surface area contributed by atoms with Gasteiger partial charge < -0.3 is 25.2 Å². The molecule has 0 bridgehead atoms. The molecule has 0 radical (unpaired) electrons. The van der Waals surface area contributed by atoms with Gasteiger partial charge in [-0.3, -0.25) is 4.79 Å². The quantitative estimate of drug-likeness (QED) is 0.492. The van der Waals surface area contributed by atoms with E-state index in [9.17, 15) is 25.2 Å². The van der Waals surface area contributed by atoms with Gasteiger partial charge in [0.05, 0.1) is 0 Å². The van der Waals surface area contributed by atoms with Crippen molar-refractivity contribution in [2.24, 2.45) is 5.92 Å². The zero-order chi connectivity index (χ0) is 14.9. The highest BCUT2D eigenvalue weighted by Gasteiger charge is 2.48. The highest BCUT2D eigenvalue weighted by atomic mass is 16.6. The van der Waals surface area contributed by atoms with Crippen molar-refractivity contribution in [2.75, 3.05) is 7.11 Å². The van der Waals surface area contributed by atoms with Gasteiger partial charge in [0.1, 0.15) is 11.7 Å². The largest absolute Gasteiger partial charge is 0.508 e. The summed E-state index contributed by atoms with van der Waals surface area (Å²) in [6.45, 7) is 0. The van der Waals surface area contributed by atoms with Crippen molar-refractivity contribution in [1.29, 1.82) is 0 Å². The Hall–Kier alpha value is -2.31. The molecule has 106 valence electrons. The van der Waals surface area contributed by atoms with E-state index in [0.29, 0.717) is 0 Å². The second-order valence-electron chi connectivity index (χ2n) is 4.38. The SMILES string of the molecule is COC1(O)C(O)=C(O)C=CC1C(=O)c1ccc(O)cc1. The van der Waals surface area contributed by atoms with Crippen molar-refractivity contribution in [1.82, 2.24) is 0 Å². The number of rotatable bonds is 3. The molecule has 2 unspecified atom stereocenters. The first kappa shape index (κ1) is 14.1. The number of hydrogen-bond acceptors (Lipinski definition) is 6. The number of carbonyl (C=O) groups is 1. The van der Waals surface area contributed by atoms with Crippen LogP contribution in [0.15, 0.2) is 47.9 Å². The predicted octanol–water partition coefficient (Wildman–Crippen LogP) is 1.42. The fourth-order valence-electron chi connectivity index (χ4n) is 2.02. The Bertz CT molecular complexity index is 586. The molecule has 0 amide bonds. The minimum absolute atomic E-state index is 0.00290. The van der Waals surface area contributed by atoms with Gasteiger partial charge in [0.15, 0.2) is 17.3 Å². The lowest BCUT2D eigenvalue weighted by molar-refractivity contribution is -0.194. The molecular formula is C14H14O6. The van der Waals surface area contributed by atoms with Gasteiger partial charge in [-0.05, 0) is 30.3 Å². The molecule has 6 heteroatoms. The molecule has 0 spiro atoms. The van der Waals surface area contributed by atoms with Crippen LogP contribution in [0.5, 0.6) is 5.75 Å². The molecule has 6 nitrogen and oxygen atoms in total. The molecule has 1 aromatic rings. The van der Waals surface area contributed by atoms with Crippen molar-refractivity contribution in [2.45, 2.75) is 5.79 Å². The average Bonchev–Trinajstić information content (AvgIpc) is 2.45. The van der Waals surface area contributed by atoms with Crippen LogP contribution in [0, 0.1) is 5.92 Å². The van der Waals surface area contributed by atoms with Crippen molar-refractivity contribution in [3.8, 4) is 5.75 Å². The Balaban J connectivity index is 2.40. The molecule has 1 aliphatic carbocycles. The highest BCUT2D eigenvalue weighted by molar-refractivity contribution is 6.00. The summed E-state index contributed by atoms with van der Waals surface area (Å²) in [6.07, 6.45) is 2.36. The minimum atomic E-state index is -2.33. The molecule has 1 aromatic carbocycles. The molecule has 0 saturated carbocycles. The highest BCUT2D eigenvalue weighted by Crippen LogP contribution is 2.34. The topological polar surface area (TPSA) is 107 Å². The first-order valence-corrected chi connectivity index (χ1v) is 5.81. The number of ether oxygens (including phenoxy) is 1. The van der Waals surface area contributed by atoms with E-state index in [1.54, 1.807) is 0 Å². The minimum Gasteiger partial charge on any atom is -0.508 e. The van der Waals surface area contributed by atoms with Crippen molar-refractivity contribution < 1.29 is 30.0 Å². The summed E-state index contributed by atoms with van der Waals surface area (Å²) < 4.78 is 4.81. The smallest absolute Gasteiger partial charge is 0.242 e. The molecule has 2 atom stereocenters. The zero-order valence-corrected chi connectivity index (χ0v) is 10.6. The van der Waals surface area contributed by atoms with E-state index in [1.165, 1.54) is 30.3 Å². The normalized spacial score (nSPS) is 25.8. The summed E-state index contributed by atoms with van der Waals surface area (Å²) in [7, 11) is 1.11. The number of ketones is 1. The van der Waals surface area contributed by atoms with Gasteiger partial charge in [0, 0.05) is 12.7 Å². The molecule has 1 aliphatic rings. The number of carbonyl (C=O) groups excluding carboxylic acids is 1. The molecule has 4 N–H and O–H groups in total. The van der Waals surface area contributed by atoms with Crippen molar-refractivity contribution in [3.63, 3.8) is 0 Å². The summed E-state index contributed by atoms with van der Waals surface area (Å²) in [5.41, 5.74) is 0.224. The number of hydrogen-bond donors (Lipinski definition) is 4. The van der Waals surface area contributed by atoms with Gasteiger partial charge in [-0.15, -0.1) is 0 Å². The predicted molar refractivity (Wildman–Crippen MR) is 69.3 cm³/mol. The molecule has 0 heterocycles. The third-order valence-electron chi connectivity index (χ3n) is 3.20. The first-order chi connectivity index (χ1) is 9.40. The van der Waals surface area contributed by atoms with Gasteiger partial charge in [0.25, 0.3) is 0 Å². The van der Waals surface area contributed by atoms with Gasteiger partial charge >= 0.3 is 0 Å². The lowest BCUT2D eigenvalue weighted by atomic mass is 9.85. The van der Waals surface area contributed by atoms with Gasteiger partial charge in [-0.2, -0.15) is 0 Å². The number of aromatic hydroxyl groups is 1. The van der Waals surface area contributed by atoms with E-state index in [4.69, 9.17) is 4.74 Å². The Labute approximate surface area is 114 Å². The van der Waals surface area contributed by atoms with Crippen LogP contribution >= 0.6 is 0 Å². The molecule has 2 rings (SSSR count). The van der Waals surface area contributed by atoms with E-state index in [0.717, 1.165) is 13.2 Å². The van der Waals surface area contributed by atoms with E-state index in [1.807, 2.05) is 0 Å². The van der Waals surface area contributed by atoms with E-state index in [-0.39, 0.29) is 11.3 Å². The van der Waals surface area contributed by atoms with E-state index >= 15 is 0 Å². The van der Waals surface area contributed by atoms with Crippen LogP contribution in [0.2, 0.25) is 0 Å². The van der Waals surface area contributed by atoms with Crippen LogP contribution in [0.25, 0.3) is 0 Å². The Morgan fingerprint density at radius 1 is 1.20 bits per heavy atom. The molecule has 0 aromatic heterocycles. The number of methoxy groups -OCH3 is 1. The summed E-state index contributed by atoms with van der Waals surface area (Å²) in [5.74, 6) is -5.45. The molecule has 0 aliphatic heterocycles. The number of phenols is 1. The van der Waals surface area contributed by atoms with Crippen LogP contribution in [0.4, 0.5) is 0 Å². The lowest BCUT2D eigenvalue weighted by Gasteiger charge is -2.33. The number of phenolic OH excluding ortho intramolecular Hbond substituents is 1. The van der Waals surface area contributed by atoms with Crippen LogP contribution in [0.3, 0.4) is 0 Å². The molecule has 20 heavy (non-hydrogen) atoms. The van der Waals surface area contributed by atoms with Crippen molar-refractivity contribution in [3.05, 3.63) is 53.5 Å². The first-order valence-electron chi connectivity index (χ1n) is 5.81. The number of benzene rings is 1. The molecular weight excluding hydrogens is 264 g/mol. The zero-order valence-electron chi connectivity index (χ0n) is 10.6. The van der Waals surface area contributed by atoms with Crippen LogP contribution in [-0.2, 0) is 4.74 Å². The summed E-state index contributed by atoms with van der Waals surface area (Å²) in [6, 6.07) is 5.44. The molecule has 0 saturated heterocycles. The maximum Gasteiger partial charge on any atom is 0.242 e. The fraction of sp³-hybridized carbons (Fsp3) is 0.214. The standard InChI is InChI=1S/C14H14O6/c1-20-14(19)10(6-7-11(16)13(14)18)12(17)8-2-4-9(15)5-3-8/h2-7,10,15-16,18-19H,1H3. The van der Waals surface area contributed by atoms with Crippen LogP contribution in [-0.4, -0.2) is 39.1 Å². The van der Waals surface area contributed by atoms with E-state index < -0.39 is 29.0 Å². The maximum atomic E-state index is 12.3. The summed E-state index contributed by atoms with van der Waals surface area (Å²) in [4.78, 5) is 12.3. The van der Waals surface area contributed by atoms with Crippen LogP contribution < -0.4 is 0 Å². The number of allylic oxidation sites excluding steroid dienone is 1. The fourth-order valence-corrected chi connectivity index (χ4v) is 2.02. The van der Waals surface area contributed by atoms with Gasteiger partial charge in [-0.25, -0.2) is 0 Å². The third-order valence-corrected chi connectivity index (χ3v) is 3.20. The Morgan fingerprint density at radius 3 is 2.35 bits per heavy atom. The molecule has 0 fully saturated rings. The summed E-state index contributed by atoms with van der Waals surface area (Å²) in [5, 5.41) is 38.6. The second-order valence-corrected chi connectivity index (χ2v) is 4.38. The van der Waals surface area contributed by atoms with Crippen LogP contribution in [0.1, 0.15) is 10.4 Å². The maximum absolute atomic E-state index is 12.3.